The number of nitro groups is 1. The Kier molecular flexibility index (Phi) is 5.22. The van der Waals surface area contributed by atoms with E-state index < -0.39 is 51.8 Å². The highest BCUT2D eigenvalue weighted by Gasteiger charge is 2.39. The summed E-state index contributed by atoms with van der Waals surface area (Å²) < 4.78 is 4.85. The van der Waals surface area contributed by atoms with Crippen molar-refractivity contribution in [2.75, 3.05) is 6.61 Å². The molecule has 1 N–H and O–H groups in total. The van der Waals surface area contributed by atoms with E-state index >= 15 is 0 Å². The number of rotatable bonds is 5. The number of ether oxygens (including phenoxy) is 1. The number of nitrogens with zero attached hydrogens (tertiary/aromatic N) is 1. The summed E-state index contributed by atoms with van der Waals surface area (Å²) in [5.41, 5.74) is -1.78. The summed E-state index contributed by atoms with van der Waals surface area (Å²) in [5, 5.41) is 14.2. The minimum absolute atomic E-state index is 0.0231. The number of hydrogen-bond donors (Lipinski definition) is 1. The topological polar surface area (TPSA) is 133 Å². The van der Waals surface area contributed by atoms with E-state index in [1.54, 1.807) is 19.9 Å². The monoisotopic (exact) mass is 396 g/mol. The lowest BCUT2D eigenvalue weighted by Gasteiger charge is -2.18. The van der Waals surface area contributed by atoms with Gasteiger partial charge in [-0.2, -0.15) is 0 Å². The molecule has 0 fully saturated rings. The molecule has 29 heavy (non-hydrogen) atoms. The minimum atomic E-state index is -1.14. The molecule has 1 amide bonds. The van der Waals surface area contributed by atoms with Crippen LogP contribution in [0.5, 0.6) is 0 Å². The van der Waals surface area contributed by atoms with E-state index in [1.807, 2.05) is 0 Å². The minimum Gasteiger partial charge on any atom is -0.452 e. The third kappa shape index (κ3) is 3.62. The van der Waals surface area contributed by atoms with E-state index in [0.717, 1.165) is 6.07 Å². The average molecular weight is 396 g/mol. The fourth-order valence-electron chi connectivity index (χ4n) is 3.10. The second-order valence-electron chi connectivity index (χ2n) is 6.64. The van der Waals surface area contributed by atoms with Gasteiger partial charge < -0.3 is 10.1 Å². The summed E-state index contributed by atoms with van der Waals surface area (Å²) in [6.45, 7) is 2.80. The van der Waals surface area contributed by atoms with Crippen molar-refractivity contribution in [2.45, 2.75) is 19.9 Å². The summed E-state index contributed by atoms with van der Waals surface area (Å²) in [4.78, 5) is 60.4. The number of fused-ring (bicyclic) bond motifs is 2. The van der Waals surface area contributed by atoms with Gasteiger partial charge in [0.1, 0.15) is 11.1 Å². The Balaban J connectivity index is 2.03. The number of nitro benzene ring substituents is 1. The summed E-state index contributed by atoms with van der Waals surface area (Å²) >= 11 is 0. The highest BCUT2D eigenvalue weighted by Crippen LogP contribution is 2.35. The van der Waals surface area contributed by atoms with Crippen molar-refractivity contribution >= 4 is 29.1 Å². The van der Waals surface area contributed by atoms with Crippen LogP contribution in [-0.4, -0.2) is 41.0 Å². The van der Waals surface area contributed by atoms with Gasteiger partial charge in [0.2, 0.25) is 5.78 Å². The molecule has 1 aliphatic rings. The van der Waals surface area contributed by atoms with E-state index in [1.165, 1.54) is 24.3 Å². The van der Waals surface area contributed by atoms with Crippen molar-refractivity contribution in [1.29, 1.82) is 0 Å². The zero-order valence-electron chi connectivity index (χ0n) is 15.6. The Hall–Kier alpha value is -3.88. The molecule has 9 nitrogen and oxygen atoms in total. The number of hydrogen-bond acceptors (Lipinski definition) is 7. The molecule has 2 aromatic carbocycles. The quantitative estimate of drug-likeness (QED) is 0.396. The van der Waals surface area contributed by atoms with Crippen LogP contribution in [0.1, 0.15) is 56.0 Å². The molecule has 0 aliphatic heterocycles. The van der Waals surface area contributed by atoms with Crippen molar-refractivity contribution < 1.29 is 28.8 Å². The van der Waals surface area contributed by atoms with Crippen LogP contribution in [0, 0.1) is 10.1 Å². The van der Waals surface area contributed by atoms with E-state index in [0.29, 0.717) is 0 Å². The summed E-state index contributed by atoms with van der Waals surface area (Å²) in [7, 11) is 0. The second-order valence-corrected chi connectivity index (χ2v) is 6.64. The first-order chi connectivity index (χ1) is 13.7. The van der Waals surface area contributed by atoms with Gasteiger partial charge in [0, 0.05) is 22.7 Å². The molecular weight excluding hydrogens is 380 g/mol. The summed E-state index contributed by atoms with van der Waals surface area (Å²) in [6.07, 6.45) is 0. The molecule has 148 valence electrons. The van der Waals surface area contributed by atoms with Crippen molar-refractivity contribution in [2.24, 2.45) is 0 Å². The van der Waals surface area contributed by atoms with Crippen molar-refractivity contribution in [1.82, 2.24) is 5.32 Å². The maximum atomic E-state index is 12.9. The van der Waals surface area contributed by atoms with Crippen LogP contribution in [0.4, 0.5) is 5.69 Å². The lowest BCUT2D eigenvalue weighted by atomic mass is 9.82. The molecule has 3 rings (SSSR count). The Bertz CT molecular complexity index is 1070. The molecule has 0 radical (unpaired) electrons. The zero-order valence-corrected chi connectivity index (χ0v) is 15.6. The smallest absolute Gasteiger partial charge is 0.345 e. The lowest BCUT2D eigenvalue weighted by Crippen LogP contribution is -2.34. The second kappa shape index (κ2) is 7.63. The van der Waals surface area contributed by atoms with Gasteiger partial charge in [-0.15, -0.1) is 0 Å². The number of benzene rings is 2. The lowest BCUT2D eigenvalue weighted by molar-refractivity contribution is -0.385. The highest BCUT2D eigenvalue weighted by atomic mass is 16.6. The van der Waals surface area contributed by atoms with Crippen LogP contribution >= 0.6 is 0 Å². The fourth-order valence-corrected chi connectivity index (χ4v) is 3.10. The van der Waals surface area contributed by atoms with Gasteiger partial charge in [-0.25, -0.2) is 4.79 Å². The number of esters is 1. The van der Waals surface area contributed by atoms with Crippen molar-refractivity contribution in [3.8, 4) is 0 Å². The number of ketones is 2. The van der Waals surface area contributed by atoms with Gasteiger partial charge in [0.05, 0.1) is 4.92 Å². The van der Waals surface area contributed by atoms with Crippen LogP contribution in [-0.2, 0) is 9.53 Å². The van der Waals surface area contributed by atoms with Crippen LogP contribution in [0.15, 0.2) is 36.4 Å². The van der Waals surface area contributed by atoms with Gasteiger partial charge in [0.15, 0.2) is 12.4 Å². The Labute approximate surface area is 164 Å². The van der Waals surface area contributed by atoms with Crippen LogP contribution in [0.3, 0.4) is 0 Å². The Morgan fingerprint density at radius 2 is 1.66 bits per heavy atom. The number of carbonyl (C=O) groups is 4. The number of amides is 1. The molecule has 0 unspecified atom stereocenters. The Morgan fingerprint density at radius 1 is 1.03 bits per heavy atom. The molecular formula is C20H16N2O7. The zero-order chi connectivity index (χ0) is 21.3. The highest BCUT2D eigenvalue weighted by molar-refractivity contribution is 6.30. The predicted molar refractivity (Wildman–Crippen MR) is 100.0 cm³/mol. The maximum Gasteiger partial charge on any atom is 0.345 e. The molecule has 9 heteroatoms. The molecule has 0 aromatic heterocycles. The first-order valence-corrected chi connectivity index (χ1v) is 8.68. The van der Waals surface area contributed by atoms with E-state index in [-0.39, 0.29) is 22.7 Å². The van der Waals surface area contributed by atoms with Gasteiger partial charge >= 0.3 is 5.97 Å². The first kappa shape index (κ1) is 19.9. The molecule has 0 spiro atoms. The summed E-state index contributed by atoms with van der Waals surface area (Å²) in [5.74, 6) is -2.99. The standard InChI is InChI=1S/C20H16N2O7/c1-10(2)21-15(23)9-29-20(26)14-8-7-13-16(17(14)22(27)28)19(25)12-6-4-3-5-11(12)18(13)24/h3-8,10H,9H2,1-2H3,(H,21,23). The molecule has 0 atom stereocenters. The van der Waals surface area contributed by atoms with E-state index in [9.17, 15) is 29.3 Å². The predicted octanol–water partition coefficient (Wildman–Crippen LogP) is 2.05. The van der Waals surface area contributed by atoms with Gasteiger partial charge in [-0.05, 0) is 26.0 Å². The van der Waals surface area contributed by atoms with Gasteiger partial charge in [0.25, 0.3) is 11.6 Å². The average Bonchev–Trinajstić information content (AvgIpc) is 2.68. The normalized spacial score (nSPS) is 12.2. The third-order valence-corrected chi connectivity index (χ3v) is 4.25. The fraction of sp³-hybridized carbons (Fsp3) is 0.200. The first-order valence-electron chi connectivity index (χ1n) is 8.68. The Morgan fingerprint density at radius 3 is 2.24 bits per heavy atom. The molecule has 0 saturated heterocycles. The third-order valence-electron chi connectivity index (χ3n) is 4.25. The molecule has 1 aliphatic carbocycles. The van der Waals surface area contributed by atoms with Crippen molar-refractivity contribution in [3.63, 3.8) is 0 Å². The molecule has 0 heterocycles. The SMILES string of the molecule is CC(C)NC(=O)COC(=O)c1ccc2c(c1[N+](=O)[O-])C(=O)c1ccccc1C2=O. The van der Waals surface area contributed by atoms with Gasteiger partial charge in [-0.1, -0.05) is 24.3 Å². The summed E-state index contributed by atoms with van der Waals surface area (Å²) in [6, 6.07) is 8.03. The van der Waals surface area contributed by atoms with Crippen LogP contribution in [0.2, 0.25) is 0 Å². The van der Waals surface area contributed by atoms with Crippen molar-refractivity contribution in [3.05, 3.63) is 74.3 Å². The molecule has 0 bridgehead atoms. The molecule has 2 aromatic rings. The maximum absolute atomic E-state index is 12.9. The largest absolute Gasteiger partial charge is 0.452 e. The van der Waals surface area contributed by atoms with Gasteiger partial charge in [-0.3, -0.25) is 24.5 Å². The molecule has 0 saturated carbocycles. The number of carbonyl (C=O) groups excluding carboxylic acids is 4. The van der Waals surface area contributed by atoms with Crippen LogP contribution in [0.25, 0.3) is 0 Å². The van der Waals surface area contributed by atoms with E-state index in [2.05, 4.69) is 5.32 Å². The van der Waals surface area contributed by atoms with Crippen LogP contribution < -0.4 is 5.32 Å². The number of nitrogens with one attached hydrogen (secondary N) is 1. The van der Waals surface area contributed by atoms with E-state index in [4.69, 9.17) is 4.74 Å².